The lowest BCUT2D eigenvalue weighted by Gasteiger charge is -2.10. The Kier molecular flexibility index (Phi) is 5.69. The summed E-state index contributed by atoms with van der Waals surface area (Å²) in [5, 5.41) is 4.82. The molecule has 0 fully saturated rings. The van der Waals surface area contributed by atoms with Crippen LogP contribution in [0.1, 0.15) is 9.67 Å². The van der Waals surface area contributed by atoms with Gasteiger partial charge in [0.05, 0.1) is 17.7 Å². The summed E-state index contributed by atoms with van der Waals surface area (Å²) in [5.41, 5.74) is 0.713. The Morgan fingerprint density at radius 1 is 1.11 bits per heavy atom. The van der Waals surface area contributed by atoms with Gasteiger partial charge in [-0.1, -0.05) is 23.7 Å². The van der Waals surface area contributed by atoms with Gasteiger partial charge in [-0.25, -0.2) is 8.42 Å². The number of amides is 1. The number of sulfonamides is 1. The van der Waals surface area contributed by atoms with Gasteiger partial charge in [0.15, 0.2) is 0 Å². The molecule has 0 bridgehead atoms. The van der Waals surface area contributed by atoms with Crippen LogP contribution in [0, 0.1) is 0 Å². The average Bonchev–Trinajstić information content (AvgIpc) is 3.09. The minimum Gasteiger partial charge on any atom is -0.497 e. The van der Waals surface area contributed by atoms with Crippen LogP contribution >= 0.6 is 22.9 Å². The normalized spacial score (nSPS) is 11.0. The van der Waals surface area contributed by atoms with E-state index in [4.69, 9.17) is 16.3 Å². The molecule has 140 valence electrons. The maximum atomic E-state index is 12.6. The largest absolute Gasteiger partial charge is 0.497 e. The summed E-state index contributed by atoms with van der Waals surface area (Å²) in [6.45, 7) is 0. The summed E-state index contributed by atoms with van der Waals surface area (Å²) in [4.78, 5) is 12.8. The number of benzene rings is 2. The molecular formula is C18H15ClN2O4S2. The minimum atomic E-state index is -3.88. The third kappa shape index (κ3) is 4.60. The van der Waals surface area contributed by atoms with Crippen LogP contribution in [0.25, 0.3) is 0 Å². The molecule has 27 heavy (non-hydrogen) atoms. The van der Waals surface area contributed by atoms with E-state index >= 15 is 0 Å². The minimum absolute atomic E-state index is 0.0363. The highest BCUT2D eigenvalue weighted by atomic mass is 35.5. The maximum absolute atomic E-state index is 12.6. The van der Waals surface area contributed by atoms with Crippen LogP contribution in [0.4, 0.5) is 11.4 Å². The van der Waals surface area contributed by atoms with Gasteiger partial charge in [-0.05, 0) is 41.8 Å². The van der Waals surface area contributed by atoms with Crippen molar-refractivity contribution >= 4 is 50.2 Å². The lowest BCUT2D eigenvalue weighted by molar-refractivity contribution is 0.103. The molecule has 3 aromatic rings. The predicted octanol–water partition coefficient (Wildman–Crippen LogP) is 4.46. The Morgan fingerprint density at radius 3 is 2.63 bits per heavy atom. The van der Waals surface area contributed by atoms with Crippen molar-refractivity contribution in [3.63, 3.8) is 0 Å². The molecule has 2 aromatic carbocycles. The Bertz CT molecular complexity index is 1080. The molecule has 0 aliphatic heterocycles. The van der Waals surface area contributed by atoms with E-state index in [-0.39, 0.29) is 15.5 Å². The van der Waals surface area contributed by atoms with Crippen molar-refractivity contribution in [2.24, 2.45) is 0 Å². The third-order valence-electron chi connectivity index (χ3n) is 3.55. The standard InChI is InChI=1S/C18H15ClN2O4S2/c1-25-14-6-3-7-15(11-14)27(23,24)21-16-8-9-26-17(16)18(22)20-13-5-2-4-12(19)10-13/h2-11,21H,1H3,(H,20,22). The first-order chi connectivity index (χ1) is 12.9. The molecular weight excluding hydrogens is 408 g/mol. The van der Waals surface area contributed by atoms with E-state index in [1.54, 1.807) is 41.8 Å². The first-order valence-electron chi connectivity index (χ1n) is 7.70. The van der Waals surface area contributed by atoms with Gasteiger partial charge in [-0.3, -0.25) is 9.52 Å². The van der Waals surface area contributed by atoms with E-state index in [2.05, 4.69) is 10.0 Å². The fourth-order valence-electron chi connectivity index (χ4n) is 2.29. The van der Waals surface area contributed by atoms with Gasteiger partial charge >= 0.3 is 0 Å². The highest BCUT2D eigenvalue weighted by Gasteiger charge is 2.20. The number of carbonyl (C=O) groups is 1. The SMILES string of the molecule is COc1cccc(S(=O)(=O)Nc2ccsc2C(=O)Nc2cccc(Cl)c2)c1. The summed E-state index contributed by atoms with van der Waals surface area (Å²) in [7, 11) is -2.42. The highest BCUT2D eigenvalue weighted by Crippen LogP contribution is 2.27. The lowest BCUT2D eigenvalue weighted by Crippen LogP contribution is -2.17. The first-order valence-corrected chi connectivity index (χ1v) is 10.4. The molecule has 2 N–H and O–H groups in total. The van der Waals surface area contributed by atoms with Crippen LogP contribution in [-0.2, 0) is 10.0 Å². The van der Waals surface area contributed by atoms with Gasteiger partial charge in [0.25, 0.3) is 15.9 Å². The molecule has 1 heterocycles. The molecule has 1 amide bonds. The second-order valence-electron chi connectivity index (χ2n) is 5.41. The number of nitrogens with one attached hydrogen (secondary N) is 2. The summed E-state index contributed by atoms with van der Waals surface area (Å²) in [5.74, 6) is -0.0160. The van der Waals surface area contributed by atoms with Gasteiger partial charge in [0.1, 0.15) is 10.6 Å². The average molecular weight is 423 g/mol. The second-order valence-corrected chi connectivity index (χ2v) is 8.45. The second kappa shape index (κ2) is 7.99. The van der Waals surface area contributed by atoms with Crippen molar-refractivity contribution in [1.82, 2.24) is 0 Å². The number of rotatable bonds is 6. The molecule has 0 atom stereocenters. The van der Waals surface area contributed by atoms with Gasteiger partial charge in [0.2, 0.25) is 0 Å². The van der Waals surface area contributed by atoms with Crippen molar-refractivity contribution in [3.8, 4) is 5.75 Å². The van der Waals surface area contributed by atoms with E-state index in [1.807, 2.05) is 0 Å². The zero-order chi connectivity index (χ0) is 19.4. The number of methoxy groups -OCH3 is 1. The van der Waals surface area contributed by atoms with E-state index in [9.17, 15) is 13.2 Å². The number of carbonyl (C=O) groups excluding carboxylic acids is 1. The van der Waals surface area contributed by atoms with E-state index in [0.717, 1.165) is 11.3 Å². The van der Waals surface area contributed by atoms with Crippen LogP contribution in [0.15, 0.2) is 64.9 Å². The van der Waals surface area contributed by atoms with Gasteiger partial charge < -0.3 is 10.1 Å². The van der Waals surface area contributed by atoms with Gasteiger partial charge in [0, 0.05) is 16.8 Å². The van der Waals surface area contributed by atoms with Crippen molar-refractivity contribution < 1.29 is 17.9 Å². The zero-order valence-corrected chi connectivity index (χ0v) is 16.5. The molecule has 1 aromatic heterocycles. The van der Waals surface area contributed by atoms with Crippen LogP contribution in [0.2, 0.25) is 5.02 Å². The molecule has 0 radical (unpaired) electrons. The van der Waals surface area contributed by atoms with E-state index < -0.39 is 15.9 Å². The summed E-state index contributed by atoms with van der Waals surface area (Å²) >= 11 is 7.04. The monoisotopic (exact) mass is 422 g/mol. The Hall–Kier alpha value is -2.55. The molecule has 6 nitrogen and oxygen atoms in total. The van der Waals surface area contributed by atoms with E-state index in [0.29, 0.717) is 16.5 Å². The molecule has 0 saturated carbocycles. The molecule has 0 spiro atoms. The Labute approximate surface area is 165 Å². The number of hydrogen-bond acceptors (Lipinski definition) is 5. The van der Waals surface area contributed by atoms with Crippen molar-refractivity contribution in [2.45, 2.75) is 4.90 Å². The Morgan fingerprint density at radius 2 is 1.89 bits per heavy atom. The summed E-state index contributed by atoms with van der Waals surface area (Å²) < 4.78 is 32.8. The highest BCUT2D eigenvalue weighted by molar-refractivity contribution is 7.92. The Balaban J connectivity index is 1.83. The predicted molar refractivity (Wildman–Crippen MR) is 108 cm³/mol. The first kappa shape index (κ1) is 19.2. The molecule has 0 aliphatic rings. The maximum Gasteiger partial charge on any atom is 0.267 e. The molecule has 0 saturated heterocycles. The molecule has 0 unspecified atom stereocenters. The number of anilines is 2. The van der Waals surface area contributed by atoms with Crippen molar-refractivity contribution in [1.29, 1.82) is 0 Å². The van der Waals surface area contributed by atoms with Crippen LogP contribution in [0.5, 0.6) is 5.75 Å². The fraction of sp³-hybridized carbons (Fsp3) is 0.0556. The third-order valence-corrected chi connectivity index (χ3v) is 6.06. The van der Waals surface area contributed by atoms with Crippen molar-refractivity contribution in [3.05, 3.63) is 69.9 Å². The quantitative estimate of drug-likeness (QED) is 0.614. The number of hydrogen-bond donors (Lipinski definition) is 2. The van der Waals surface area contributed by atoms with Crippen molar-refractivity contribution in [2.75, 3.05) is 17.1 Å². The summed E-state index contributed by atoms with van der Waals surface area (Å²) in [6.07, 6.45) is 0. The zero-order valence-electron chi connectivity index (χ0n) is 14.1. The van der Waals surface area contributed by atoms with Crippen LogP contribution in [0.3, 0.4) is 0 Å². The molecule has 9 heteroatoms. The van der Waals surface area contributed by atoms with Crippen LogP contribution < -0.4 is 14.8 Å². The smallest absolute Gasteiger partial charge is 0.267 e. The summed E-state index contributed by atoms with van der Waals surface area (Å²) in [6, 6.07) is 14.3. The molecule has 3 rings (SSSR count). The van der Waals surface area contributed by atoms with Gasteiger partial charge in [-0.2, -0.15) is 0 Å². The molecule has 0 aliphatic carbocycles. The topological polar surface area (TPSA) is 84.5 Å². The van der Waals surface area contributed by atoms with E-state index in [1.165, 1.54) is 25.3 Å². The number of thiophene rings is 1. The number of halogens is 1. The lowest BCUT2D eigenvalue weighted by atomic mass is 10.3. The van der Waals surface area contributed by atoms with Crippen LogP contribution in [-0.4, -0.2) is 21.4 Å². The van der Waals surface area contributed by atoms with Gasteiger partial charge in [-0.15, -0.1) is 11.3 Å². The fourth-order valence-corrected chi connectivity index (χ4v) is 4.40. The number of ether oxygens (including phenoxy) is 1.